The highest BCUT2D eigenvalue weighted by molar-refractivity contribution is 5.72. The zero-order valence-corrected chi connectivity index (χ0v) is 22.2. The summed E-state index contributed by atoms with van der Waals surface area (Å²) >= 11 is 0. The highest BCUT2D eigenvalue weighted by atomic mass is 16.5. The van der Waals surface area contributed by atoms with E-state index in [4.69, 9.17) is 9.73 Å². The molecule has 1 aromatic rings. The molecule has 1 saturated heterocycles. The summed E-state index contributed by atoms with van der Waals surface area (Å²) in [6, 6.07) is 8.18. The van der Waals surface area contributed by atoms with Crippen LogP contribution in [-0.4, -0.2) is 43.1 Å². The number of allylic oxidation sites excluding steroid dienone is 1. The van der Waals surface area contributed by atoms with Crippen molar-refractivity contribution in [3.8, 4) is 0 Å². The number of para-hydroxylation sites is 1. The number of hydrogen-bond donors (Lipinski definition) is 1. The molecule has 1 N–H and O–H groups in total. The maximum Gasteiger partial charge on any atom is 0.0688 e. The molecule has 4 aliphatic heterocycles. The number of dihydropyridines is 1. The van der Waals surface area contributed by atoms with Gasteiger partial charge in [0.05, 0.1) is 11.1 Å². The van der Waals surface area contributed by atoms with Crippen molar-refractivity contribution < 1.29 is 4.74 Å². The third-order valence-corrected chi connectivity index (χ3v) is 10.5. The standard InChI is InChI=1S/C31H45N3O/c1-23(2)27-21-24-9-8-10-25-26(11-19-34(27)28(24)25)32-18-15-30(29(3)12-6-7-17-33-29)16-20-35-31(22-30)13-4-5-14-31/h6-10,17,23,26-27,32H,4-5,11-16,18-22H2,1-3H3/t26?,27?,29?,30-/m1/s1. The van der Waals surface area contributed by atoms with Gasteiger partial charge in [0.25, 0.3) is 0 Å². The Kier molecular flexibility index (Phi) is 6.12. The van der Waals surface area contributed by atoms with Gasteiger partial charge >= 0.3 is 0 Å². The van der Waals surface area contributed by atoms with Crippen LogP contribution in [0.5, 0.6) is 0 Å². The number of rotatable bonds is 6. The van der Waals surface area contributed by atoms with Crippen LogP contribution >= 0.6 is 0 Å². The Bertz CT molecular complexity index is 993. The first-order chi connectivity index (χ1) is 16.9. The van der Waals surface area contributed by atoms with E-state index in [9.17, 15) is 0 Å². The molecule has 0 amide bonds. The first-order valence-corrected chi connectivity index (χ1v) is 14.4. The maximum absolute atomic E-state index is 6.53. The molecule has 6 rings (SSSR count). The zero-order valence-electron chi connectivity index (χ0n) is 22.2. The third kappa shape index (κ3) is 4.00. The summed E-state index contributed by atoms with van der Waals surface area (Å²) in [4.78, 5) is 7.89. The van der Waals surface area contributed by atoms with Gasteiger partial charge in [-0.3, -0.25) is 4.99 Å². The van der Waals surface area contributed by atoms with Crippen LogP contribution in [0.3, 0.4) is 0 Å². The Morgan fingerprint density at radius 1 is 1.20 bits per heavy atom. The van der Waals surface area contributed by atoms with Crippen LogP contribution in [0, 0.1) is 11.3 Å². The summed E-state index contributed by atoms with van der Waals surface area (Å²) in [6.45, 7) is 10.3. The second-order valence-electron chi connectivity index (χ2n) is 12.7. The SMILES string of the molecule is CC(C)C1Cc2cccc3c2N1CCC3NCC[C@@]1(C2(C)CC=CC=N2)CCOC2(CCCC2)C1. The van der Waals surface area contributed by atoms with Crippen LogP contribution in [0.4, 0.5) is 5.69 Å². The molecule has 4 nitrogen and oxygen atoms in total. The van der Waals surface area contributed by atoms with Crippen molar-refractivity contribution in [1.29, 1.82) is 0 Å². The van der Waals surface area contributed by atoms with E-state index in [2.05, 4.69) is 67.6 Å². The van der Waals surface area contributed by atoms with Gasteiger partial charge in [-0.25, -0.2) is 0 Å². The lowest BCUT2D eigenvalue weighted by Crippen LogP contribution is -2.55. The van der Waals surface area contributed by atoms with E-state index >= 15 is 0 Å². The fourth-order valence-corrected chi connectivity index (χ4v) is 8.38. The van der Waals surface area contributed by atoms with Crippen molar-refractivity contribution in [3.05, 3.63) is 41.5 Å². The second kappa shape index (κ2) is 9.03. The predicted octanol–water partition coefficient (Wildman–Crippen LogP) is 6.40. The fraction of sp³-hybridized carbons (Fsp3) is 0.710. The highest BCUT2D eigenvalue weighted by Gasteiger charge is 2.55. The largest absolute Gasteiger partial charge is 0.375 e. The molecule has 4 atom stereocenters. The molecule has 35 heavy (non-hydrogen) atoms. The first kappa shape index (κ1) is 23.7. The van der Waals surface area contributed by atoms with Gasteiger partial charge in [-0.2, -0.15) is 0 Å². The Labute approximate surface area is 212 Å². The molecule has 1 aliphatic carbocycles. The molecule has 1 aromatic carbocycles. The predicted molar refractivity (Wildman–Crippen MR) is 146 cm³/mol. The van der Waals surface area contributed by atoms with Crippen LogP contribution in [0.1, 0.15) is 95.7 Å². The Morgan fingerprint density at radius 3 is 2.83 bits per heavy atom. The molecule has 1 saturated carbocycles. The molecule has 1 spiro atoms. The Hall–Kier alpha value is -1.65. The van der Waals surface area contributed by atoms with Gasteiger partial charge in [0.1, 0.15) is 0 Å². The third-order valence-electron chi connectivity index (χ3n) is 10.5. The smallest absolute Gasteiger partial charge is 0.0688 e. The number of nitrogens with one attached hydrogen (secondary N) is 1. The summed E-state index contributed by atoms with van der Waals surface area (Å²) < 4.78 is 6.53. The van der Waals surface area contributed by atoms with Crippen LogP contribution in [0.2, 0.25) is 0 Å². The lowest BCUT2D eigenvalue weighted by Gasteiger charge is -2.54. The van der Waals surface area contributed by atoms with E-state index < -0.39 is 0 Å². The van der Waals surface area contributed by atoms with Crippen LogP contribution < -0.4 is 10.2 Å². The average Bonchev–Trinajstić information content (AvgIpc) is 3.47. The van der Waals surface area contributed by atoms with E-state index in [0.717, 1.165) is 26.0 Å². The van der Waals surface area contributed by atoms with Crippen molar-refractivity contribution in [1.82, 2.24) is 5.32 Å². The number of benzene rings is 1. The summed E-state index contributed by atoms with van der Waals surface area (Å²) in [5.41, 5.74) is 4.93. The molecule has 2 fully saturated rings. The van der Waals surface area contributed by atoms with Crippen LogP contribution in [0.15, 0.2) is 35.3 Å². The van der Waals surface area contributed by atoms with Crippen molar-refractivity contribution >= 4 is 11.9 Å². The first-order valence-electron chi connectivity index (χ1n) is 14.4. The summed E-state index contributed by atoms with van der Waals surface area (Å²) in [6.07, 6.45) is 18.6. The van der Waals surface area contributed by atoms with Gasteiger partial charge < -0.3 is 15.0 Å². The molecule has 0 radical (unpaired) electrons. The van der Waals surface area contributed by atoms with Crippen molar-refractivity contribution in [2.24, 2.45) is 16.3 Å². The summed E-state index contributed by atoms with van der Waals surface area (Å²) in [5.74, 6) is 0.696. The normalized spacial score (nSPS) is 35.3. The molecule has 0 bridgehead atoms. The maximum atomic E-state index is 6.53. The zero-order chi connectivity index (χ0) is 24.1. The lowest BCUT2D eigenvalue weighted by molar-refractivity contribution is -0.143. The van der Waals surface area contributed by atoms with Gasteiger partial charge in [-0.05, 0) is 88.0 Å². The van der Waals surface area contributed by atoms with E-state index in [1.165, 1.54) is 63.5 Å². The second-order valence-corrected chi connectivity index (χ2v) is 12.7. The van der Waals surface area contributed by atoms with Crippen molar-refractivity contribution in [3.63, 3.8) is 0 Å². The lowest BCUT2D eigenvalue weighted by atomic mass is 9.58. The molecule has 4 heterocycles. The number of aliphatic imine (C=N–C) groups is 1. The molecule has 0 aromatic heterocycles. The van der Waals surface area contributed by atoms with Crippen molar-refractivity contribution in [2.45, 2.75) is 108 Å². The van der Waals surface area contributed by atoms with Gasteiger partial charge in [0.15, 0.2) is 0 Å². The number of anilines is 1. The van der Waals surface area contributed by atoms with Crippen LogP contribution in [-0.2, 0) is 11.2 Å². The van der Waals surface area contributed by atoms with E-state index in [1.807, 2.05) is 0 Å². The van der Waals surface area contributed by atoms with E-state index in [-0.39, 0.29) is 16.6 Å². The molecule has 3 unspecified atom stereocenters. The summed E-state index contributed by atoms with van der Waals surface area (Å²) in [5, 5.41) is 4.07. The van der Waals surface area contributed by atoms with Gasteiger partial charge in [0.2, 0.25) is 0 Å². The summed E-state index contributed by atoms with van der Waals surface area (Å²) in [7, 11) is 0. The Balaban J connectivity index is 1.21. The minimum absolute atomic E-state index is 0.0232. The minimum Gasteiger partial charge on any atom is -0.375 e. The van der Waals surface area contributed by atoms with Gasteiger partial charge in [-0.15, -0.1) is 0 Å². The number of hydrogen-bond acceptors (Lipinski definition) is 4. The Morgan fingerprint density at radius 2 is 2.06 bits per heavy atom. The molecular formula is C31H45N3O. The van der Waals surface area contributed by atoms with E-state index in [0.29, 0.717) is 18.0 Å². The quantitative estimate of drug-likeness (QED) is 0.517. The molecule has 4 heteroatoms. The van der Waals surface area contributed by atoms with Crippen LogP contribution in [0.25, 0.3) is 0 Å². The van der Waals surface area contributed by atoms with Gasteiger partial charge in [0, 0.05) is 42.6 Å². The van der Waals surface area contributed by atoms with E-state index in [1.54, 1.807) is 11.3 Å². The fourth-order valence-electron chi connectivity index (χ4n) is 8.38. The molecular weight excluding hydrogens is 430 g/mol. The number of nitrogens with zero attached hydrogens (tertiary/aromatic N) is 2. The monoisotopic (exact) mass is 475 g/mol. The minimum atomic E-state index is -0.0232. The van der Waals surface area contributed by atoms with Gasteiger partial charge in [-0.1, -0.05) is 51.0 Å². The molecule has 190 valence electrons. The topological polar surface area (TPSA) is 36.9 Å². The highest BCUT2D eigenvalue weighted by Crippen LogP contribution is 2.56. The number of ether oxygens (including phenoxy) is 1. The van der Waals surface area contributed by atoms with Crippen molar-refractivity contribution in [2.75, 3.05) is 24.6 Å². The molecule has 5 aliphatic rings. The average molecular weight is 476 g/mol.